The number of aryl methyl sites for hydroxylation is 1. The van der Waals surface area contributed by atoms with Gasteiger partial charge in [-0.3, -0.25) is 15.2 Å². The minimum atomic E-state index is -0.319. The molecule has 76 valence electrons. The van der Waals surface area contributed by atoms with Gasteiger partial charge in [-0.2, -0.15) is 0 Å². The molecule has 0 spiro atoms. The van der Waals surface area contributed by atoms with E-state index in [0.29, 0.717) is 0 Å². The van der Waals surface area contributed by atoms with E-state index in [2.05, 4.69) is 20.4 Å². The van der Waals surface area contributed by atoms with E-state index >= 15 is 0 Å². The highest BCUT2D eigenvalue weighted by Crippen LogP contribution is 1.94. The molecule has 0 radical (unpaired) electrons. The van der Waals surface area contributed by atoms with Crippen molar-refractivity contribution in [2.24, 2.45) is 0 Å². The molecule has 2 rings (SSSR count). The monoisotopic (exact) mass is 203 g/mol. The van der Waals surface area contributed by atoms with Crippen LogP contribution in [0.4, 0.5) is 0 Å². The second kappa shape index (κ2) is 3.87. The molecule has 0 unspecified atom stereocenters. The number of nitrogens with one attached hydrogen (secondary N) is 1. The lowest BCUT2D eigenvalue weighted by Gasteiger charge is -2.03. The maximum absolute atomic E-state index is 11.6. The van der Waals surface area contributed by atoms with E-state index in [0.717, 1.165) is 5.69 Å². The highest BCUT2D eigenvalue weighted by molar-refractivity contribution is 5.97. The molecule has 15 heavy (non-hydrogen) atoms. The Labute approximate surface area is 86.0 Å². The fraction of sp³-hybridized carbons (Fsp3) is 0.111. The Morgan fingerprint density at radius 2 is 2.27 bits per heavy atom. The summed E-state index contributed by atoms with van der Waals surface area (Å²) in [6.07, 6.45) is 7.60. The molecule has 2 aromatic rings. The van der Waals surface area contributed by atoms with Gasteiger partial charge in [-0.25, -0.2) is 14.6 Å². The van der Waals surface area contributed by atoms with Crippen molar-refractivity contribution < 1.29 is 4.79 Å². The van der Waals surface area contributed by atoms with Gasteiger partial charge in [-0.15, -0.1) is 0 Å². The van der Waals surface area contributed by atoms with Gasteiger partial charge in [0.1, 0.15) is 12.0 Å². The third kappa shape index (κ3) is 2.16. The van der Waals surface area contributed by atoms with Crippen molar-refractivity contribution in [2.75, 3.05) is 5.43 Å². The van der Waals surface area contributed by atoms with Crippen LogP contribution < -0.4 is 5.43 Å². The van der Waals surface area contributed by atoms with Crippen LogP contribution in [0.15, 0.2) is 31.1 Å². The maximum Gasteiger partial charge on any atom is 0.290 e. The molecule has 0 aliphatic carbocycles. The van der Waals surface area contributed by atoms with Crippen molar-refractivity contribution in [3.05, 3.63) is 42.5 Å². The highest BCUT2D eigenvalue weighted by atomic mass is 16.2. The number of hydrogen-bond acceptors (Lipinski definition) is 4. The second-order valence-electron chi connectivity index (χ2n) is 2.95. The molecule has 0 atom stereocenters. The van der Waals surface area contributed by atoms with Crippen LogP contribution in [-0.4, -0.2) is 25.5 Å². The lowest BCUT2D eigenvalue weighted by molar-refractivity contribution is 0.100. The van der Waals surface area contributed by atoms with E-state index in [9.17, 15) is 4.79 Å². The van der Waals surface area contributed by atoms with Gasteiger partial charge in [0.15, 0.2) is 0 Å². The van der Waals surface area contributed by atoms with Crippen molar-refractivity contribution >= 4 is 5.91 Å². The van der Waals surface area contributed by atoms with E-state index in [1.54, 1.807) is 6.20 Å². The zero-order valence-corrected chi connectivity index (χ0v) is 8.08. The molecule has 0 aliphatic rings. The molecule has 1 N–H and O–H groups in total. The largest absolute Gasteiger partial charge is 0.290 e. The number of carbonyl (C=O) groups excluding carboxylic acids is 1. The number of rotatable bonds is 2. The fourth-order valence-corrected chi connectivity index (χ4v) is 1.07. The first-order valence-electron chi connectivity index (χ1n) is 4.33. The summed E-state index contributed by atoms with van der Waals surface area (Å²) in [6, 6.07) is 0. The van der Waals surface area contributed by atoms with Crippen LogP contribution in [0.25, 0.3) is 0 Å². The van der Waals surface area contributed by atoms with Gasteiger partial charge in [0.25, 0.3) is 5.91 Å². The van der Waals surface area contributed by atoms with Crippen molar-refractivity contribution in [1.82, 2.24) is 19.6 Å². The quantitative estimate of drug-likeness (QED) is 0.765. The second-order valence-corrected chi connectivity index (χ2v) is 2.95. The number of aromatic nitrogens is 4. The average Bonchev–Trinajstić information content (AvgIpc) is 2.65. The Morgan fingerprint density at radius 1 is 1.40 bits per heavy atom. The van der Waals surface area contributed by atoms with Gasteiger partial charge in [-0.1, -0.05) is 0 Å². The molecular weight excluding hydrogens is 194 g/mol. The van der Waals surface area contributed by atoms with E-state index in [1.807, 2.05) is 6.92 Å². The number of amides is 1. The van der Waals surface area contributed by atoms with Gasteiger partial charge >= 0.3 is 0 Å². The Morgan fingerprint density at radius 3 is 2.87 bits per heavy atom. The third-order valence-electron chi connectivity index (χ3n) is 1.74. The van der Waals surface area contributed by atoms with Crippen LogP contribution in [0.5, 0.6) is 0 Å². The van der Waals surface area contributed by atoms with Gasteiger partial charge in [-0.05, 0) is 6.92 Å². The third-order valence-corrected chi connectivity index (χ3v) is 1.74. The van der Waals surface area contributed by atoms with Crippen LogP contribution >= 0.6 is 0 Å². The molecule has 6 nitrogen and oxygen atoms in total. The average molecular weight is 203 g/mol. The van der Waals surface area contributed by atoms with Gasteiger partial charge < -0.3 is 0 Å². The van der Waals surface area contributed by atoms with Crippen molar-refractivity contribution in [3.63, 3.8) is 0 Å². The Balaban J connectivity index is 2.11. The first kappa shape index (κ1) is 9.32. The standard InChI is InChI=1S/C9H9N5O/c1-7-5-14(6-12-7)13-9(15)8-4-10-2-3-11-8/h2-6H,1H3,(H,13,15). The van der Waals surface area contributed by atoms with E-state index < -0.39 is 0 Å². The SMILES string of the molecule is Cc1cn(NC(=O)c2cnccn2)cn1. The topological polar surface area (TPSA) is 72.7 Å². The first-order chi connectivity index (χ1) is 7.25. The predicted octanol–water partition coefficient (Wildman–Crippen LogP) is 0.365. The molecule has 2 aromatic heterocycles. The van der Waals surface area contributed by atoms with E-state index in [4.69, 9.17) is 0 Å². The number of carbonyl (C=O) groups is 1. The molecule has 6 heteroatoms. The normalized spacial score (nSPS) is 9.93. The zero-order valence-electron chi connectivity index (χ0n) is 8.08. The minimum Gasteiger partial charge on any atom is -0.266 e. The molecule has 0 saturated heterocycles. The Hall–Kier alpha value is -2.24. The first-order valence-corrected chi connectivity index (χ1v) is 4.33. The van der Waals surface area contributed by atoms with Gasteiger partial charge in [0.05, 0.1) is 11.9 Å². The van der Waals surface area contributed by atoms with E-state index in [1.165, 1.54) is 29.6 Å². The van der Waals surface area contributed by atoms with E-state index in [-0.39, 0.29) is 11.6 Å². The molecule has 0 bridgehead atoms. The summed E-state index contributed by atoms with van der Waals surface area (Å²) in [5.41, 5.74) is 3.69. The summed E-state index contributed by atoms with van der Waals surface area (Å²) in [7, 11) is 0. The molecule has 2 heterocycles. The van der Waals surface area contributed by atoms with Crippen molar-refractivity contribution in [2.45, 2.75) is 6.92 Å². The Kier molecular flexibility index (Phi) is 2.40. The molecular formula is C9H9N5O. The number of nitrogens with zero attached hydrogens (tertiary/aromatic N) is 4. The van der Waals surface area contributed by atoms with Crippen LogP contribution in [0.2, 0.25) is 0 Å². The summed E-state index contributed by atoms with van der Waals surface area (Å²) < 4.78 is 1.48. The van der Waals surface area contributed by atoms with Crippen LogP contribution in [-0.2, 0) is 0 Å². The van der Waals surface area contributed by atoms with Crippen LogP contribution in [0, 0.1) is 6.92 Å². The number of hydrogen-bond donors (Lipinski definition) is 1. The van der Waals surface area contributed by atoms with Crippen molar-refractivity contribution in [3.8, 4) is 0 Å². The van der Waals surface area contributed by atoms with Gasteiger partial charge in [0, 0.05) is 18.6 Å². The Bertz CT molecular complexity index is 464. The van der Waals surface area contributed by atoms with Crippen molar-refractivity contribution in [1.29, 1.82) is 0 Å². The number of imidazole rings is 1. The summed E-state index contributed by atoms with van der Waals surface area (Å²) in [5.74, 6) is -0.319. The zero-order chi connectivity index (χ0) is 10.7. The molecule has 0 saturated carbocycles. The predicted molar refractivity (Wildman–Crippen MR) is 52.7 cm³/mol. The van der Waals surface area contributed by atoms with Gasteiger partial charge in [0.2, 0.25) is 0 Å². The smallest absolute Gasteiger partial charge is 0.266 e. The summed E-state index contributed by atoms with van der Waals surface area (Å²) in [5, 5.41) is 0. The molecule has 1 amide bonds. The molecule has 0 aliphatic heterocycles. The molecule has 0 aromatic carbocycles. The summed E-state index contributed by atoms with van der Waals surface area (Å²) >= 11 is 0. The maximum atomic E-state index is 11.6. The summed E-state index contributed by atoms with van der Waals surface area (Å²) in [4.78, 5) is 23.2. The fourth-order valence-electron chi connectivity index (χ4n) is 1.07. The van der Waals surface area contributed by atoms with Crippen LogP contribution in [0.1, 0.15) is 16.2 Å². The van der Waals surface area contributed by atoms with Crippen LogP contribution in [0.3, 0.4) is 0 Å². The highest BCUT2D eigenvalue weighted by Gasteiger charge is 2.06. The minimum absolute atomic E-state index is 0.267. The molecule has 0 fully saturated rings. The lowest BCUT2D eigenvalue weighted by Crippen LogP contribution is -2.22. The lowest BCUT2D eigenvalue weighted by atomic mass is 10.4. The summed E-state index contributed by atoms with van der Waals surface area (Å²) in [6.45, 7) is 1.84.